The highest BCUT2D eigenvalue weighted by molar-refractivity contribution is 5.77. The number of nitrogens with one attached hydrogen (secondary N) is 1. The Balaban J connectivity index is 1.89. The molecule has 0 atom stereocenters. The molecule has 0 aliphatic rings. The number of hydrogen-bond acceptors (Lipinski definition) is 5. The second-order valence-electron chi connectivity index (χ2n) is 5.20. The van der Waals surface area contributed by atoms with Gasteiger partial charge in [0.25, 0.3) is 0 Å². The molecule has 0 aliphatic carbocycles. The van der Waals surface area contributed by atoms with Crippen LogP contribution >= 0.6 is 0 Å². The van der Waals surface area contributed by atoms with Gasteiger partial charge in [0.15, 0.2) is 5.65 Å². The number of benzene rings is 1. The van der Waals surface area contributed by atoms with Crippen molar-refractivity contribution >= 4 is 17.2 Å². The van der Waals surface area contributed by atoms with Crippen molar-refractivity contribution in [2.75, 3.05) is 5.32 Å². The van der Waals surface area contributed by atoms with E-state index in [1.807, 2.05) is 28.8 Å². The molecule has 0 spiro atoms. The van der Waals surface area contributed by atoms with Crippen LogP contribution in [0.1, 0.15) is 5.56 Å². The summed E-state index contributed by atoms with van der Waals surface area (Å²) < 4.78 is 1.97. The Kier molecular flexibility index (Phi) is 3.20. The van der Waals surface area contributed by atoms with Crippen LogP contribution in [0.15, 0.2) is 61.4 Å². The molecule has 23 heavy (non-hydrogen) atoms. The third-order valence-electron chi connectivity index (χ3n) is 3.54. The number of aromatic nitrogens is 5. The summed E-state index contributed by atoms with van der Waals surface area (Å²) in [6.45, 7) is 2.06. The molecule has 3 aromatic heterocycles. The van der Waals surface area contributed by atoms with Gasteiger partial charge in [-0.2, -0.15) is 0 Å². The quantitative estimate of drug-likeness (QED) is 0.629. The van der Waals surface area contributed by atoms with E-state index in [0.29, 0.717) is 0 Å². The molecule has 0 aliphatic heterocycles. The highest BCUT2D eigenvalue weighted by atomic mass is 15.1. The first-order valence-corrected chi connectivity index (χ1v) is 7.23. The van der Waals surface area contributed by atoms with Crippen molar-refractivity contribution in [2.45, 2.75) is 6.92 Å². The summed E-state index contributed by atoms with van der Waals surface area (Å²) >= 11 is 0. The molecule has 0 fully saturated rings. The van der Waals surface area contributed by atoms with Crippen molar-refractivity contribution in [3.05, 3.63) is 67.0 Å². The molecule has 112 valence electrons. The Labute approximate surface area is 132 Å². The summed E-state index contributed by atoms with van der Waals surface area (Å²) in [7, 11) is 0. The van der Waals surface area contributed by atoms with Crippen molar-refractivity contribution < 1.29 is 0 Å². The minimum absolute atomic E-state index is 0.760. The normalized spacial score (nSPS) is 10.8. The maximum Gasteiger partial charge on any atom is 0.157 e. The van der Waals surface area contributed by atoms with Crippen molar-refractivity contribution in [3.63, 3.8) is 0 Å². The van der Waals surface area contributed by atoms with Crippen molar-refractivity contribution in [1.82, 2.24) is 24.3 Å². The summed E-state index contributed by atoms with van der Waals surface area (Å²) in [5, 5.41) is 3.45. The average Bonchev–Trinajstić information content (AvgIpc) is 2.95. The van der Waals surface area contributed by atoms with Crippen LogP contribution in [0.4, 0.5) is 11.5 Å². The average molecular weight is 302 g/mol. The summed E-state index contributed by atoms with van der Waals surface area (Å²) in [4.78, 5) is 17.1. The predicted octanol–water partition coefficient (Wildman–Crippen LogP) is 3.24. The summed E-state index contributed by atoms with van der Waals surface area (Å²) in [5.41, 5.74) is 4.48. The molecule has 6 heteroatoms. The van der Waals surface area contributed by atoms with Gasteiger partial charge in [-0.1, -0.05) is 12.1 Å². The zero-order chi connectivity index (χ0) is 15.6. The van der Waals surface area contributed by atoms with Crippen LogP contribution in [0.5, 0.6) is 0 Å². The highest BCUT2D eigenvalue weighted by Crippen LogP contribution is 2.29. The van der Waals surface area contributed by atoms with E-state index < -0.39 is 0 Å². The van der Waals surface area contributed by atoms with E-state index in [-0.39, 0.29) is 0 Å². The lowest BCUT2D eigenvalue weighted by Gasteiger charge is -2.09. The van der Waals surface area contributed by atoms with E-state index >= 15 is 0 Å². The number of rotatable bonds is 3. The lowest BCUT2D eigenvalue weighted by Crippen LogP contribution is -1.98. The van der Waals surface area contributed by atoms with Gasteiger partial charge in [-0.3, -0.25) is 9.38 Å². The van der Waals surface area contributed by atoms with Gasteiger partial charge < -0.3 is 5.32 Å². The molecule has 3 heterocycles. The van der Waals surface area contributed by atoms with Gasteiger partial charge in [-0.05, 0) is 30.7 Å². The Morgan fingerprint density at radius 2 is 2.04 bits per heavy atom. The molecule has 0 radical (unpaired) electrons. The second kappa shape index (κ2) is 5.49. The van der Waals surface area contributed by atoms with E-state index in [2.05, 4.69) is 44.3 Å². The molecule has 4 aromatic rings. The van der Waals surface area contributed by atoms with Crippen molar-refractivity contribution in [2.24, 2.45) is 0 Å². The first kappa shape index (κ1) is 13.4. The van der Waals surface area contributed by atoms with Gasteiger partial charge in [-0.25, -0.2) is 15.0 Å². The van der Waals surface area contributed by atoms with Crippen LogP contribution < -0.4 is 5.32 Å². The van der Waals surface area contributed by atoms with E-state index in [9.17, 15) is 0 Å². The first-order valence-electron chi connectivity index (χ1n) is 7.23. The molecular formula is C17H14N6. The molecule has 1 aromatic carbocycles. The number of aryl methyl sites for hydroxylation is 1. The van der Waals surface area contributed by atoms with Gasteiger partial charge in [-0.15, -0.1) is 0 Å². The molecular weight excluding hydrogens is 288 g/mol. The number of fused-ring (bicyclic) bond motifs is 1. The predicted molar refractivity (Wildman–Crippen MR) is 88.5 cm³/mol. The summed E-state index contributed by atoms with van der Waals surface area (Å²) in [6, 6.07) is 10.0. The molecule has 0 unspecified atom stereocenters. The van der Waals surface area contributed by atoms with Gasteiger partial charge in [0.05, 0.1) is 11.9 Å². The zero-order valence-corrected chi connectivity index (χ0v) is 12.5. The maximum absolute atomic E-state index is 4.65. The van der Waals surface area contributed by atoms with Crippen molar-refractivity contribution in [3.8, 4) is 11.4 Å². The topological polar surface area (TPSA) is 68.0 Å². The molecule has 1 N–H and O–H groups in total. The fourth-order valence-electron chi connectivity index (χ4n) is 2.50. The Morgan fingerprint density at radius 1 is 1.09 bits per heavy atom. The van der Waals surface area contributed by atoms with Crippen LogP contribution in [0.2, 0.25) is 0 Å². The fraction of sp³-hybridized carbons (Fsp3) is 0.0588. The van der Waals surface area contributed by atoms with Gasteiger partial charge in [0, 0.05) is 24.3 Å². The van der Waals surface area contributed by atoms with Gasteiger partial charge >= 0.3 is 0 Å². The lowest BCUT2D eigenvalue weighted by atomic mass is 10.2. The number of hydrogen-bond donors (Lipinski definition) is 1. The summed E-state index contributed by atoms with van der Waals surface area (Å²) in [6.07, 6.45) is 8.58. The largest absolute Gasteiger partial charge is 0.339 e. The molecule has 0 saturated carbocycles. The lowest BCUT2D eigenvalue weighted by molar-refractivity contribution is 1.13. The summed E-state index contributed by atoms with van der Waals surface area (Å²) in [5.74, 6) is 0.853. The minimum Gasteiger partial charge on any atom is -0.339 e. The molecule has 0 bridgehead atoms. The molecule has 0 saturated heterocycles. The SMILES string of the molecule is Cc1cccc(Nc2c(-c3ccncn3)nc3cnccn23)c1. The molecule has 0 amide bonds. The van der Waals surface area contributed by atoms with Crippen LogP contribution in [-0.2, 0) is 0 Å². The third-order valence-corrected chi connectivity index (χ3v) is 3.54. The second-order valence-corrected chi connectivity index (χ2v) is 5.20. The Hall–Kier alpha value is -3.28. The highest BCUT2D eigenvalue weighted by Gasteiger charge is 2.15. The Bertz CT molecular complexity index is 961. The fourth-order valence-corrected chi connectivity index (χ4v) is 2.50. The minimum atomic E-state index is 0.760. The Morgan fingerprint density at radius 3 is 2.87 bits per heavy atom. The van der Waals surface area contributed by atoms with E-state index in [1.165, 1.54) is 11.9 Å². The third kappa shape index (κ3) is 2.50. The van der Waals surface area contributed by atoms with Gasteiger partial charge in [0.1, 0.15) is 17.8 Å². The molecule has 6 nitrogen and oxygen atoms in total. The van der Waals surface area contributed by atoms with E-state index in [0.717, 1.165) is 28.5 Å². The first-order chi connectivity index (χ1) is 11.3. The number of imidazole rings is 1. The maximum atomic E-state index is 4.65. The molecule has 4 rings (SSSR count). The van der Waals surface area contributed by atoms with Crippen LogP contribution in [0.25, 0.3) is 17.0 Å². The van der Waals surface area contributed by atoms with Gasteiger partial charge in [0.2, 0.25) is 0 Å². The standard InChI is InChI=1S/C17H14N6/c1-12-3-2-4-13(9-12)21-17-16(14-5-6-19-11-20-14)22-15-10-18-7-8-23(15)17/h2-11,21H,1H3. The number of anilines is 2. The van der Waals surface area contributed by atoms with Crippen molar-refractivity contribution in [1.29, 1.82) is 0 Å². The monoisotopic (exact) mass is 302 g/mol. The van der Waals surface area contributed by atoms with Crippen LogP contribution in [-0.4, -0.2) is 24.3 Å². The van der Waals surface area contributed by atoms with E-state index in [4.69, 9.17) is 0 Å². The number of nitrogens with zero attached hydrogens (tertiary/aromatic N) is 5. The van der Waals surface area contributed by atoms with Crippen LogP contribution in [0, 0.1) is 6.92 Å². The smallest absolute Gasteiger partial charge is 0.157 e. The van der Waals surface area contributed by atoms with E-state index in [1.54, 1.807) is 18.6 Å². The zero-order valence-electron chi connectivity index (χ0n) is 12.5. The van der Waals surface area contributed by atoms with Crippen LogP contribution in [0.3, 0.4) is 0 Å².